The van der Waals surface area contributed by atoms with Gasteiger partial charge in [0.2, 0.25) is 0 Å². The molecule has 28 heavy (non-hydrogen) atoms. The van der Waals surface area contributed by atoms with Crippen molar-refractivity contribution >= 4 is 17.0 Å². The number of aromatic nitrogens is 3. The summed E-state index contributed by atoms with van der Waals surface area (Å²) in [5.74, 6) is -0.556. The fourth-order valence-corrected chi connectivity index (χ4v) is 3.97. The van der Waals surface area contributed by atoms with Gasteiger partial charge < -0.3 is 9.84 Å². The molecule has 0 saturated carbocycles. The number of hydrogen-bond acceptors (Lipinski definition) is 5. The molecule has 0 fully saturated rings. The standard InChI is InChI=1S/C22H27N3O3/c1-13-7-8-15(11-16(13)12-26)19(22(3,4)21(27)28-6)17-9-10-18-20(14(17)2)23-24-25(18)5/h7-11,19,26H,12H2,1-6H3/t19-/m1/s1. The first kappa shape index (κ1) is 20.0. The smallest absolute Gasteiger partial charge is 0.312 e. The maximum Gasteiger partial charge on any atom is 0.312 e. The van der Waals surface area contributed by atoms with E-state index in [9.17, 15) is 9.90 Å². The lowest BCUT2D eigenvalue weighted by Gasteiger charge is -2.34. The molecule has 1 atom stereocenters. The minimum Gasteiger partial charge on any atom is -0.469 e. The molecule has 0 spiro atoms. The molecule has 6 nitrogen and oxygen atoms in total. The van der Waals surface area contributed by atoms with Gasteiger partial charge >= 0.3 is 5.97 Å². The van der Waals surface area contributed by atoms with Crippen LogP contribution in [-0.4, -0.2) is 33.2 Å². The fourth-order valence-electron chi connectivity index (χ4n) is 3.97. The van der Waals surface area contributed by atoms with E-state index in [0.29, 0.717) is 0 Å². The Hall–Kier alpha value is -2.73. The van der Waals surface area contributed by atoms with Gasteiger partial charge in [0, 0.05) is 13.0 Å². The molecule has 0 aliphatic carbocycles. The number of rotatable bonds is 5. The molecule has 1 heterocycles. The monoisotopic (exact) mass is 381 g/mol. The third kappa shape index (κ3) is 3.18. The summed E-state index contributed by atoms with van der Waals surface area (Å²) >= 11 is 0. The molecular formula is C22H27N3O3. The van der Waals surface area contributed by atoms with Gasteiger partial charge in [-0.1, -0.05) is 29.5 Å². The maximum atomic E-state index is 12.7. The van der Waals surface area contributed by atoms with Gasteiger partial charge in [-0.15, -0.1) is 5.10 Å². The second-order valence-corrected chi connectivity index (χ2v) is 7.85. The first-order valence-corrected chi connectivity index (χ1v) is 9.30. The average molecular weight is 381 g/mol. The lowest BCUT2D eigenvalue weighted by atomic mass is 9.69. The number of benzene rings is 2. The van der Waals surface area contributed by atoms with E-state index in [0.717, 1.165) is 38.9 Å². The van der Waals surface area contributed by atoms with Crippen LogP contribution in [0.15, 0.2) is 30.3 Å². The molecule has 3 rings (SSSR count). The quantitative estimate of drug-likeness (QED) is 0.686. The van der Waals surface area contributed by atoms with Crippen molar-refractivity contribution in [2.45, 2.75) is 40.2 Å². The molecule has 2 aromatic carbocycles. The summed E-state index contributed by atoms with van der Waals surface area (Å²) < 4.78 is 6.87. The van der Waals surface area contributed by atoms with Crippen molar-refractivity contribution in [3.63, 3.8) is 0 Å². The van der Waals surface area contributed by atoms with E-state index in [1.54, 1.807) is 4.68 Å². The lowest BCUT2D eigenvalue weighted by Crippen LogP contribution is -2.34. The molecule has 0 radical (unpaired) electrons. The summed E-state index contributed by atoms with van der Waals surface area (Å²) in [5.41, 5.74) is 5.74. The maximum absolute atomic E-state index is 12.7. The summed E-state index contributed by atoms with van der Waals surface area (Å²) in [7, 11) is 3.27. The van der Waals surface area contributed by atoms with Crippen molar-refractivity contribution < 1.29 is 14.6 Å². The Labute approximate surface area is 165 Å². The molecule has 0 aliphatic heterocycles. The van der Waals surface area contributed by atoms with Gasteiger partial charge in [0.1, 0.15) is 5.52 Å². The van der Waals surface area contributed by atoms with Gasteiger partial charge in [0.05, 0.1) is 24.6 Å². The van der Waals surface area contributed by atoms with E-state index in [2.05, 4.69) is 10.3 Å². The summed E-state index contributed by atoms with van der Waals surface area (Å²) in [5, 5.41) is 18.2. The molecule has 1 aromatic heterocycles. The van der Waals surface area contributed by atoms with Crippen LogP contribution in [0.5, 0.6) is 0 Å². The number of ether oxygens (including phenoxy) is 1. The molecular weight excluding hydrogens is 354 g/mol. The van der Waals surface area contributed by atoms with E-state index in [4.69, 9.17) is 4.74 Å². The van der Waals surface area contributed by atoms with Crippen LogP contribution in [0.4, 0.5) is 0 Å². The first-order chi connectivity index (χ1) is 13.2. The highest BCUT2D eigenvalue weighted by molar-refractivity contribution is 5.82. The van der Waals surface area contributed by atoms with Crippen LogP contribution in [0.1, 0.15) is 47.6 Å². The van der Waals surface area contributed by atoms with Crippen LogP contribution in [0, 0.1) is 19.3 Å². The van der Waals surface area contributed by atoms with Crippen molar-refractivity contribution in [3.05, 3.63) is 58.1 Å². The number of nitrogens with zero attached hydrogens (tertiary/aromatic N) is 3. The van der Waals surface area contributed by atoms with Crippen molar-refractivity contribution in [1.82, 2.24) is 15.0 Å². The molecule has 0 amide bonds. The summed E-state index contributed by atoms with van der Waals surface area (Å²) in [4.78, 5) is 12.7. The van der Waals surface area contributed by atoms with Crippen molar-refractivity contribution in [2.75, 3.05) is 7.11 Å². The number of aryl methyl sites for hydroxylation is 3. The third-order valence-corrected chi connectivity index (χ3v) is 5.70. The van der Waals surface area contributed by atoms with Crippen LogP contribution in [-0.2, 0) is 23.2 Å². The number of aliphatic hydroxyl groups is 1. The number of fused-ring (bicyclic) bond motifs is 1. The van der Waals surface area contributed by atoms with Crippen LogP contribution in [0.3, 0.4) is 0 Å². The predicted molar refractivity (Wildman–Crippen MR) is 108 cm³/mol. The van der Waals surface area contributed by atoms with Crippen LogP contribution in [0.25, 0.3) is 11.0 Å². The number of carbonyl (C=O) groups excluding carboxylic acids is 1. The van der Waals surface area contributed by atoms with Gasteiger partial charge in [0.15, 0.2) is 0 Å². The van der Waals surface area contributed by atoms with E-state index < -0.39 is 5.41 Å². The van der Waals surface area contributed by atoms with E-state index in [1.807, 2.05) is 65.1 Å². The topological polar surface area (TPSA) is 77.2 Å². The minimum absolute atomic E-state index is 0.0484. The Balaban J connectivity index is 2.28. The van der Waals surface area contributed by atoms with Crippen LogP contribution >= 0.6 is 0 Å². The molecule has 6 heteroatoms. The molecule has 0 unspecified atom stereocenters. The van der Waals surface area contributed by atoms with Crippen molar-refractivity contribution in [1.29, 1.82) is 0 Å². The van der Waals surface area contributed by atoms with Crippen molar-refractivity contribution in [3.8, 4) is 0 Å². The average Bonchev–Trinajstić information content (AvgIpc) is 3.05. The summed E-state index contributed by atoms with van der Waals surface area (Å²) in [6.07, 6.45) is 0. The fraction of sp³-hybridized carbons (Fsp3) is 0.409. The van der Waals surface area contributed by atoms with Gasteiger partial charge in [-0.25, -0.2) is 4.68 Å². The number of aliphatic hydroxyl groups excluding tert-OH is 1. The molecule has 1 N–H and O–H groups in total. The van der Waals surface area contributed by atoms with Gasteiger partial charge in [-0.2, -0.15) is 0 Å². The highest BCUT2D eigenvalue weighted by Crippen LogP contribution is 2.44. The highest BCUT2D eigenvalue weighted by Gasteiger charge is 2.41. The molecule has 0 saturated heterocycles. The van der Waals surface area contributed by atoms with Crippen molar-refractivity contribution in [2.24, 2.45) is 12.5 Å². The highest BCUT2D eigenvalue weighted by atomic mass is 16.5. The zero-order chi connectivity index (χ0) is 20.6. The van der Waals surface area contributed by atoms with Gasteiger partial charge in [0.25, 0.3) is 0 Å². The molecule has 148 valence electrons. The first-order valence-electron chi connectivity index (χ1n) is 9.30. The Kier molecular flexibility index (Phi) is 5.26. The molecule has 3 aromatic rings. The minimum atomic E-state index is -0.822. The number of esters is 1. The predicted octanol–water partition coefficient (Wildman–Crippen LogP) is 3.41. The third-order valence-electron chi connectivity index (χ3n) is 5.70. The summed E-state index contributed by atoms with van der Waals surface area (Å²) in [6, 6.07) is 10.0. The van der Waals surface area contributed by atoms with Gasteiger partial charge in [-0.3, -0.25) is 4.79 Å². The normalized spacial score (nSPS) is 13.0. The zero-order valence-electron chi connectivity index (χ0n) is 17.3. The van der Waals surface area contributed by atoms with Gasteiger partial charge in [-0.05, 0) is 61.6 Å². The van der Waals surface area contributed by atoms with E-state index in [-0.39, 0.29) is 18.5 Å². The summed E-state index contributed by atoms with van der Waals surface area (Å²) in [6.45, 7) is 7.71. The Morgan fingerprint density at radius 3 is 2.61 bits per heavy atom. The second kappa shape index (κ2) is 7.36. The largest absolute Gasteiger partial charge is 0.469 e. The SMILES string of the molecule is COC(=O)C(C)(C)[C@H](c1ccc(C)c(CO)c1)c1ccc2c(nnn2C)c1C. The number of methoxy groups -OCH3 is 1. The van der Waals surface area contributed by atoms with Crippen LogP contribution in [0.2, 0.25) is 0 Å². The second-order valence-electron chi connectivity index (χ2n) is 7.85. The lowest BCUT2D eigenvalue weighted by molar-refractivity contribution is -0.151. The molecule has 0 aliphatic rings. The van der Waals surface area contributed by atoms with E-state index >= 15 is 0 Å². The van der Waals surface area contributed by atoms with E-state index in [1.165, 1.54) is 7.11 Å². The number of hydrogen-bond donors (Lipinski definition) is 1. The molecule has 0 bridgehead atoms. The number of carbonyl (C=O) groups is 1. The zero-order valence-corrected chi connectivity index (χ0v) is 17.3. The van der Waals surface area contributed by atoms with Crippen LogP contribution < -0.4 is 0 Å². The Morgan fingerprint density at radius 1 is 1.25 bits per heavy atom. The Morgan fingerprint density at radius 2 is 1.96 bits per heavy atom. The Bertz CT molecular complexity index is 1040.